The molecule has 1 aromatic carbocycles. The van der Waals surface area contributed by atoms with Crippen LogP contribution in [0.25, 0.3) is 0 Å². The van der Waals surface area contributed by atoms with E-state index in [-0.39, 0.29) is 17.6 Å². The molecule has 0 aromatic heterocycles. The van der Waals surface area contributed by atoms with Crippen molar-refractivity contribution in [3.63, 3.8) is 0 Å². The average Bonchev–Trinajstić information content (AvgIpc) is 2.57. The second-order valence-electron chi connectivity index (χ2n) is 7.97. The standard InChI is InChI=1S/C20H32N4O2/c1-7-22-17(25)19(2,3)13-23-18(21-6)24-15-12-20(4,5)26-16-11-9-8-10-14(15)16/h8-11,15H,7,12-13H2,1-6H3,(H,22,25)(H2,21,23,24). The number of ether oxygens (including phenoxy) is 1. The zero-order chi connectivity index (χ0) is 19.4. The van der Waals surface area contributed by atoms with E-state index in [2.05, 4.69) is 40.9 Å². The lowest BCUT2D eigenvalue weighted by Crippen LogP contribution is -2.50. The topological polar surface area (TPSA) is 74.8 Å². The lowest BCUT2D eigenvalue weighted by molar-refractivity contribution is -0.128. The molecule has 1 unspecified atom stereocenters. The summed E-state index contributed by atoms with van der Waals surface area (Å²) in [5.41, 5.74) is 0.337. The average molecular weight is 361 g/mol. The molecule has 1 amide bonds. The second-order valence-corrected chi connectivity index (χ2v) is 7.97. The number of rotatable bonds is 5. The van der Waals surface area contributed by atoms with Gasteiger partial charge in [0.15, 0.2) is 5.96 Å². The Morgan fingerprint density at radius 2 is 2.00 bits per heavy atom. The van der Waals surface area contributed by atoms with Crippen molar-refractivity contribution >= 4 is 11.9 Å². The van der Waals surface area contributed by atoms with Gasteiger partial charge in [0.2, 0.25) is 5.91 Å². The van der Waals surface area contributed by atoms with Crippen LogP contribution in [0.1, 0.15) is 52.6 Å². The van der Waals surface area contributed by atoms with E-state index in [9.17, 15) is 4.79 Å². The Morgan fingerprint density at radius 1 is 1.31 bits per heavy atom. The highest BCUT2D eigenvalue weighted by Crippen LogP contribution is 2.39. The van der Waals surface area contributed by atoms with E-state index in [0.717, 1.165) is 17.7 Å². The maximum absolute atomic E-state index is 12.2. The van der Waals surface area contributed by atoms with Gasteiger partial charge >= 0.3 is 0 Å². The molecule has 6 nitrogen and oxygen atoms in total. The number of fused-ring (bicyclic) bond motifs is 1. The number of nitrogens with one attached hydrogen (secondary N) is 3. The van der Waals surface area contributed by atoms with Gasteiger partial charge in [-0.1, -0.05) is 18.2 Å². The number of hydrogen-bond donors (Lipinski definition) is 3. The molecule has 144 valence electrons. The number of nitrogens with zero attached hydrogens (tertiary/aromatic N) is 1. The molecule has 1 aliphatic rings. The fourth-order valence-electron chi connectivity index (χ4n) is 3.08. The highest BCUT2D eigenvalue weighted by atomic mass is 16.5. The van der Waals surface area contributed by atoms with E-state index in [0.29, 0.717) is 19.0 Å². The molecule has 0 saturated heterocycles. The van der Waals surface area contributed by atoms with Crippen molar-refractivity contribution in [1.29, 1.82) is 0 Å². The minimum atomic E-state index is -0.527. The Labute approximate surface area is 156 Å². The van der Waals surface area contributed by atoms with Gasteiger partial charge in [-0.25, -0.2) is 0 Å². The lowest BCUT2D eigenvalue weighted by atomic mass is 9.89. The fourth-order valence-corrected chi connectivity index (χ4v) is 3.08. The SMILES string of the molecule is CCNC(=O)C(C)(C)CNC(=NC)NC1CC(C)(C)Oc2ccccc21. The van der Waals surface area contributed by atoms with E-state index in [1.807, 2.05) is 39.0 Å². The van der Waals surface area contributed by atoms with Crippen molar-refractivity contribution in [2.45, 2.75) is 52.7 Å². The zero-order valence-electron chi connectivity index (χ0n) is 16.8. The summed E-state index contributed by atoms with van der Waals surface area (Å²) in [5.74, 6) is 1.61. The largest absolute Gasteiger partial charge is 0.487 e. The van der Waals surface area contributed by atoms with Crippen molar-refractivity contribution in [2.75, 3.05) is 20.1 Å². The van der Waals surface area contributed by atoms with Crippen LogP contribution in [-0.2, 0) is 4.79 Å². The number of para-hydroxylation sites is 1. The first-order valence-electron chi connectivity index (χ1n) is 9.22. The summed E-state index contributed by atoms with van der Waals surface area (Å²) in [7, 11) is 1.74. The minimum absolute atomic E-state index is 0.0282. The number of carbonyl (C=O) groups is 1. The van der Waals surface area contributed by atoms with E-state index in [4.69, 9.17) is 4.74 Å². The number of guanidine groups is 1. The molecule has 6 heteroatoms. The summed E-state index contributed by atoms with van der Waals surface area (Å²) >= 11 is 0. The molecule has 0 radical (unpaired) electrons. The van der Waals surface area contributed by atoms with E-state index < -0.39 is 5.41 Å². The van der Waals surface area contributed by atoms with Crippen molar-refractivity contribution in [1.82, 2.24) is 16.0 Å². The molecule has 2 rings (SSSR count). The molecular formula is C20H32N4O2. The maximum atomic E-state index is 12.2. The summed E-state index contributed by atoms with van der Waals surface area (Å²) in [6.07, 6.45) is 0.824. The van der Waals surface area contributed by atoms with Crippen LogP contribution in [0.2, 0.25) is 0 Å². The molecule has 0 saturated carbocycles. The van der Waals surface area contributed by atoms with Gasteiger partial charge in [0.25, 0.3) is 0 Å². The molecule has 0 spiro atoms. The number of benzene rings is 1. The van der Waals surface area contributed by atoms with Gasteiger partial charge in [-0.05, 0) is 40.7 Å². The van der Waals surface area contributed by atoms with Crippen LogP contribution >= 0.6 is 0 Å². The third-order valence-electron chi connectivity index (χ3n) is 4.56. The summed E-state index contributed by atoms with van der Waals surface area (Å²) < 4.78 is 6.08. The first-order valence-corrected chi connectivity index (χ1v) is 9.22. The predicted octanol–water partition coefficient (Wildman–Crippen LogP) is 2.62. The van der Waals surface area contributed by atoms with Crippen LogP contribution in [0.15, 0.2) is 29.3 Å². The van der Waals surface area contributed by atoms with Gasteiger partial charge in [-0.15, -0.1) is 0 Å². The van der Waals surface area contributed by atoms with E-state index >= 15 is 0 Å². The van der Waals surface area contributed by atoms with Gasteiger partial charge in [-0.3, -0.25) is 9.79 Å². The molecule has 1 aliphatic heterocycles. The van der Waals surface area contributed by atoms with Crippen LogP contribution in [0.5, 0.6) is 5.75 Å². The Morgan fingerprint density at radius 3 is 2.65 bits per heavy atom. The summed E-state index contributed by atoms with van der Waals surface area (Å²) in [4.78, 5) is 16.5. The Bertz CT molecular complexity index is 668. The van der Waals surface area contributed by atoms with Crippen molar-refractivity contribution in [3.05, 3.63) is 29.8 Å². The molecule has 0 bridgehead atoms. The van der Waals surface area contributed by atoms with Crippen molar-refractivity contribution in [3.8, 4) is 5.75 Å². The molecular weight excluding hydrogens is 328 g/mol. The Balaban J connectivity index is 2.07. The number of hydrogen-bond acceptors (Lipinski definition) is 3. The van der Waals surface area contributed by atoms with Gasteiger partial charge in [0.05, 0.1) is 11.5 Å². The Kier molecular flexibility index (Phi) is 6.16. The number of carbonyl (C=O) groups excluding carboxylic acids is 1. The summed E-state index contributed by atoms with van der Waals surface area (Å²) in [6, 6.07) is 8.17. The van der Waals surface area contributed by atoms with Crippen LogP contribution in [0.3, 0.4) is 0 Å². The second kappa shape index (κ2) is 7.98. The first-order chi connectivity index (χ1) is 12.2. The summed E-state index contributed by atoms with van der Waals surface area (Å²) in [5, 5.41) is 9.66. The Hall–Kier alpha value is -2.24. The van der Waals surface area contributed by atoms with Gasteiger partial charge < -0.3 is 20.7 Å². The first kappa shape index (κ1) is 20.1. The highest BCUT2D eigenvalue weighted by Gasteiger charge is 2.34. The van der Waals surface area contributed by atoms with E-state index in [1.165, 1.54) is 0 Å². The quantitative estimate of drug-likeness (QED) is 0.557. The van der Waals surface area contributed by atoms with Crippen LogP contribution in [0, 0.1) is 5.41 Å². The van der Waals surface area contributed by atoms with E-state index in [1.54, 1.807) is 7.05 Å². The van der Waals surface area contributed by atoms with Crippen LogP contribution in [0.4, 0.5) is 0 Å². The molecule has 3 N–H and O–H groups in total. The smallest absolute Gasteiger partial charge is 0.227 e. The molecule has 1 heterocycles. The molecule has 0 fully saturated rings. The van der Waals surface area contributed by atoms with Gasteiger partial charge in [-0.2, -0.15) is 0 Å². The number of aliphatic imine (C=N–C) groups is 1. The highest BCUT2D eigenvalue weighted by molar-refractivity contribution is 5.84. The minimum Gasteiger partial charge on any atom is -0.487 e. The normalized spacial score (nSPS) is 19.2. The predicted molar refractivity (Wildman–Crippen MR) is 105 cm³/mol. The fraction of sp³-hybridized carbons (Fsp3) is 0.600. The van der Waals surface area contributed by atoms with Gasteiger partial charge in [0, 0.05) is 32.1 Å². The van der Waals surface area contributed by atoms with Crippen molar-refractivity contribution < 1.29 is 9.53 Å². The molecule has 1 atom stereocenters. The van der Waals surface area contributed by atoms with Crippen LogP contribution in [-0.4, -0.2) is 37.6 Å². The molecule has 0 aliphatic carbocycles. The summed E-state index contributed by atoms with van der Waals surface area (Å²) in [6.45, 7) is 11.1. The molecule has 26 heavy (non-hydrogen) atoms. The zero-order valence-corrected chi connectivity index (χ0v) is 16.8. The molecule has 1 aromatic rings. The van der Waals surface area contributed by atoms with Crippen LogP contribution < -0.4 is 20.7 Å². The number of amides is 1. The third-order valence-corrected chi connectivity index (χ3v) is 4.56. The lowest BCUT2D eigenvalue weighted by Gasteiger charge is -2.38. The monoisotopic (exact) mass is 360 g/mol. The maximum Gasteiger partial charge on any atom is 0.227 e. The third kappa shape index (κ3) is 4.90. The van der Waals surface area contributed by atoms with Crippen molar-refractivity contribution in [2.24, 2.45) is 10.4 Å². The van der Waals surface area contributed by atoms with Gasteiger partial charge in [0.1, 0.15) is 11.4 Å².